The maximum Gasteiger partial charge on any atom is 0.186 e. The second-order valence-corrected chi connectivity index (χ2v) is 8.68. The topological polar surface area (TPSA) is 120 Å². The lowest BCUT2D eigenvalue weighted by atomic mass is 9.99. The van der Waals surface area contributed by atoms with Crippen molar-refractivity contribution in [1.29, 1.82) is 0 Å². The van der Waals surface area contributed by atoms with E-state index in [1.165, 1.54) is 64.2 Å². The Kier molecular flexibility index (Phi) is 16.5. The average Bonchev–Trinajstić information content (AvgIpc) is 2.77. The molecule has 0 saturated carbocycles. The number of allylic oxidation sites excluding steroid dienone is 1. The summed E-state index contributed by atoms with van der Waals surface area (Å²) in [5.74, 6) is 0. The molecule has 6 unspecified atom stereocenters. The third-order valence-corrected chi connectivity index (χ3v) is 5.88. The number of ether oxygens (including phenoxy) is 2. The van der Waals surface area contributed by atoms with Crippen molar-refractivity contribution in [2.24, 2.45) is 0 Å². The molecule has 1 heterocycles. The molecule has 0 aromatic heterocycles. The van der Waals surface area contributed by atoms with Crippen LogP contribution in [0.15, 0.2) is 12.2 Å². The maximum absolute atomic E-state index is 10.0. The molecule has 0 spiro atoms. The van der Waals surface area contributed by atoms with Crippen LogP contribution in [0.3, 0.4) is 0 Å². The van der Waals surface area contributed by atoms with Gasteiger partial charge in [-0.2, -0.15) is 0 Å². The fourth-order valence-corrected chi connectivity index (χ4v) is 3.79. The lowest BCUT2D eigenvalue weighted by molar-refractivity contribution is -0.301. The first kappa shape index (κ1) is 28.5. The van der Waals surface area contributed by atoms with E-state index in [1.54, 1.807) is 6.08 Å². The van der Waals surface area contributed by atoms with Gasteiger partial charge in [0.05, 0.1) is 19.3 Å². The smallest absolute Gasteiger partial charge is 0.186 e. The molecule has 0 aliphatic carbocycles. The minimum absolute atomic E-state index is 0.118. The van der Waals surface area contributed by atoms with Crippen LogP contribution in [-0.4, -0.2) is 75.6 Å². The molecule has 5 N–H and O–H groups in total. The molecule has 1 saturated heterocycles. The third-order valence-electron chi connectivity index (χ3n) is 5.88. The lowest BCUT2D eigenvalue weighted by Crippen LogP contribution is -2.59. The molecular weight excluding hydrogens is 400 g/mol. The van der Waals surface area contributed by atoms with E-state index in [0.29, 0.717) is 6.42 Å². The Labute approximate surface area is 188 Å². The van der Waals surface area contributed by atoms with E-state index in [4.69, 9.17) is 14.6 Å². The highest BCUT2D eigenvalue weighted by Crippen LogP contribution is 2.22. The molecule has 0 bridgehead atoms. The van der Waals surface area contributed by atoms with E-state index >= 15 is 0 Å². The number of rotatable bonds is 18. The zero-order valence-electron chi connectivity index (χ0n) is 19.3. The number of hydrogen-bond acceptors (Lipinski definition) is 7. The first-order valence-corrected chi connectivity index (χ1v) is 12.3. The van der Waals surface area contributed by atoms with Crippen molar-refractivity contribution in [3.8, 4) is 0 Å². The van der Waals surface area contributed by atoms with Gasteiger partial charge in [0.25, 0.3) is 0 Å². The van der Waals surface area contributed by atoms with Crippen LogP contribution >= 0.6 is 0 Å². The van der Waals surface area contributed by atoms with Gasteiger partial charge in [-0.15, -0.1) is 0 Å². The fraction of sp³-hybridized carbons (Fsp3) is 0.917. The molecule has 7 nitrogen and oxygen atoms in total. The minimum Gasteiger partial charge on any atom is -0.394 e. The van der Waals surface area contributed by atoms with Crippen molar-refractivity contribution in [1.82, 2.24) is 0 Å². The molecule has 1 aliphatic rings. The highest BCUT2D eigenvalue weighted by Gasteiger charge is 2.43. The average molecular weight is 447 g/mol. The van der Waals surface area contributed by atoms with Gasteiger partial charge in [0.2, 0.25) is 0 Å². The largest absolute Gasteiger partial charge is 0.394 e. The SMILES string of the molecule is CCCCCCCCCCCCC/C=C/C(O)CCOC1OC(CO)C(O)C(O)C1O. The van der Waals surface area contributed by atoms with Crippen molar-refractivity contribution >= 4 is 0 Å². The fourth-order valence-electron chi connectivity index (χ4n) is 3.79. The Morgan fingerprint density at radius 1 is 0.839 bits per heavy atom. The summed E-state index contributed by atoms with van der Waals surface area (Å²) < 4.78 is 10.7. The van der Waals surface area contributed by atoms with E-state index in [0.717, 1.165) is 12.8 Å². The normalized spacial score (nSPS) is 27.7. The van der Waals surface area contributed by atoms with E-state index < -0.39 is 43.4 Å². The Balaban J connectivity index is 2.01. The molecule has 6 atom stereocenters. The highest BCUT2D eigenvalue weighted by molar-refractivity contribution is 4.90. The van der Waals surface area contributed by atoms with E-state index in [9.17, 15) is 20.4 Å². The molecule has 1 fully saturated rings. The van der Waals surface area contributed by atoms with Crippen molar-refractivity contribution < 1.29 is 35.0 Å². The predicted octanol–water partition coefficient (Wildman–Crippen LogP) is 2.81. The summed E-state index contributed by atoms with van der Waals surface area (Å²) >= 11 is 0. The van der Waals surface area contributed by atoms with Crippen LogP contribution in [0.2, 0.25) is 0 Å². The summed E-state index contributed by atoms with van der Waals surface area (Å²) in [5, 5.41) is 48.6. The molecule has 184 valence electrons. The van der Waals surface area contributed by atoms with E-state index in [-0.39, 0.29) is 6.61 Å². The van der Waals surface area contributed by atoms with Crippen molar-refractivity contribution in [2.45, 2.75) is 127 Å². The van der Waals surface area contributed by atoms with E-state index in [1.807, 2.05) is 6.08 Å². The molecule has 0 radical (unpaired) electrons. The van der Waals surface area contributed by atoms with Crippen molar-refractivity contribution in [3.63, 3.8) is 0 Å². The summed E-state index contributed by atoms with van der Waals surface area (Å²) in [4.78, 5) is 0. The van der Waals surface area contributed by atoms with Gasteiger partial charge in [0, 0.05) is 6.42 Å². The molecule has 0 aromatic carbocycles. The van der Waals surface area contributed by atoms with Crippen LogP contribution in [-0.2, 0) is 9.47 Å². The molecule has 1 rings (SSSR count). The van der Waals surface area contributed by atoms with Gasteiger partial charge in [0.15, 0.2) is 6.29 Å². The number of hydrogen-bond donors (Lipinski definition) is 5. The maximum atomic E-state index is 10.0. The van der Waals surface area contributed by atoms with Crippen molar-refractivity contribution in [3.05, 3.63) is 12.2 Å². The molecule has 7 heteroatoms. The van der Waals surface area contributed by atoms with Gasteiger partial charge in [0.1, 0.15) is 24.4 Å². The summed E-state index contributed by atoms with van der Waals surface area (Å²) in [6.07, 6.45) is 12.4. The number of unbranched alkanes of at least 4 members (excludes halogenated alkanes) is 11. The second-order valence-electron chi connectivity index (χ2n) is 8.68. The quantitative estimate of drug-likeness (QED) is 0.162. The Bertz CT molecular complexity index is 444. The Hall–Kier alpha value is -0.540. The van der Waals surface area contributed by atoms with Crippen LogP contribution in [0.4, 0.5) is 0 Å². The third kappa shape index (κ3) is 12.3. The van der Waals surface area contributed by atoms with Gasteiger partial charge < -0.3 is 35.0 Å². The van der Waals surface area contributed by atoms with Crippen LogP contribution in [0.1, 0.15) is 90.4 Å². The van der Waals surface area contributed by atoms with Gasteiger partial charge in [-0.05, 0) is 12.8 Å². The highest BCUT2D eigenvalue weighted by atomic mass is 16.7. The predicted molar refractivity (Wildman–Crippen MR) is 121 cm³/mol. The van der Waals surface area contributed by atoms with Gasteiger partial charge in [-0.1, -0.05) is 83.3 Å². The van der Waals surface area contributed by atoms with Crippen LogP contribution in [0, 0.1) is 0 Å². The Morgan fingerprint density at radius 3 is 2.00 bits per heavy atom. The summed E-state index contributed by atoms with van der Waals surface area (Å²) in [5.41, 5.74) is 0. The molecule has 1 aliphatic heterocycles. The second kappa shape index (κ2) is 18.0. The zero-order valence-corrected chi connectivity index (χ0v) is 19.3. The molecule has 0 amide bonds. The summed E-state index contributed by atoms with van der Waals surface area (Å²) in [7, 11) is 0. The first-order chi connectivity index (χ1) is 15.0. The first-order valence-electron chi connectivity index (χ1n) is 12.3. The Morgan fingerprint density at radius 2 is 1.42 bits per heavy atom. The minimum atomic E-state index is -1.45. The number of aliphatic hydroxyl groups excluding tert-OH is 5. The van der Waals surface area contributed by atoms with Gasteiger partial charge in [-0.25, -0.2) is 0 Å². The van der Waals surface area contributed by atoms with Gasteiger partial charge in [-0.3, -0.25) is 0 Å². The van der Waals surface area contributed by atoms with Crippen LogP contribution < -0.4 is 0 Å². The van der Waals surface area contributed by atoms with Crippen LogP contribution in [0.5, 0.6) is 0 Å². The number of aliphatic hydroxyl groups is 5. The molecule has 31 heavy (non-hydrogen) atoms. The standard InChI is InChI=1S/C24H46O7/c1-2-3-4-5-6-7-8-9-10-11-12-13-14-15-19(26)16-17-30-24-23(29)22(28)21(27)20(18-25)31-24/h14-15,19-29H,2-13,16-18H2,1H3/b15-14+. The lowest BCUT2D eigenvalue weighted by Gasteiger charge is -2.39. The van der Waals surface area contributed by atoms with Gasteiger partial charge >= 0.3 is 0 Å². The monoisotopic (exact) mass is 446 g/mol. The summed E-state index contributed by atoms with van der Waals surface area (Å²) in [6, 6.07) is 0. The summed E-state index contributed by atoms with van der Waals surface area (Å²) in [6.45, 7) is 1.88. The zero-order chi connectivity index (χ0) is 22.9. The van der Waals surface area contributed by atoms with E-state index in [2.05, 4.69) is 6.92 Å². The molecular formula is C24H46O7. The van der Waals surface area contributed by atoms with Crippen molar-refractivity contribution in [2.75, 3.05) is 13.2 Å². The molecule has 0 aromatic rings. The van der Waals surface area contributed by atoms with Crippen LogP contribution in [0.25, 0.3) is 0 Å².